The molecule has 176 valence electrons. The number of aromatic nitrogens is 3. The first-order valence-corrected chi connectivity index (χ1v) is 11.6. The third kappa shape index (κ3) is 4.36. The standard InChI is InChI=1S/C27H29N3O4/c1-29-16-21(8-11-24(29)31)22-9-10-23-25(26(22)34-17-19-6-4-3-5-7-19)28-27(30(23)18-32-2)20-12-14-33-15-13-20/h3-11,16,20H,12-15,17-18H2,1-2H3. The maximum Gasteiger partial charge on any atom is 0.250 e. The number of hydrogen-bond donors (Lipinski definition) is 0. The molecule has 0 unspecified atom stereocenters. The summed E-state index contributed by atoms with van der Waals surface area (Å²) in [4.78, 5) is 17.1. The minimum Gasteiger partial charge on any atom is -0.486 e. The van der Waals surface area contributed by atoms with Crippen LogP contribution in [0.1, 0.15) is 30.1 Å². The largest absolute Gasteiger partial charge is 0.486 e. The molecule has 0 atom stereocenters. The third-order valence-electron chi connectivity index (χ3n) is 6.37. The van der Waals surface area contributed by atoms with Gasteiger partial charge >= 0.3 is 0 Å². The molecule has 34 heavy (non-hydrogen) atoms. The predicted molar refractivity (Wildman–Crippen MR) is 131 cm³/mol. The Morgan fingerprint density at radius 3 is 2.59 bits per heavy atom. The highest BCUT2D eigenvalue weighted by atomic mass is 16.5. The second-order valence-electron chi connectivity index (χ2n) is 8.65. The van der Waals surface area contributed by atoms with Gasteiger partial charge in [0.2, 0.25) is 5.56 Å². The van der Waals surface area contributed by atoms with Gasteiger partial charge in [-0.2, -0.15) is 0 Å². The molecule has 2 aromatic heterocycles. The maximum absolute atomic E-state index is 12.0. The van der Waals surface area contributed by atoms with Crippen molar-refractivity contribution >= 4 is 11.0 Å². The molecule has 0 saturated carbocycles. The normalized spacial score (nSPS) is 14.5. The van der Waals surface area contributed by atoms with Gasteiger partial charge < -0.3 is 23.3 Å². The average molecular weight is 460 g/mol. The first-order valence-electron chi connectivity index (χ1n) is 11.6. The van der Waals surface area contributed by atoms with Crippen molar-refractivity contribution in [1.82, 2.24) is 14.1 Å². The quantitative estimate of drug-likeness (QED) is 0.408. The number of aryl methyl sites for hydroxylation is 1. The van der Waals surface area contributed by atoms with Gasteiger partial charge in [0.15, 0.2) is 5.75 Å². The SMILES string of the molecule is COCn1c(C2CCOCC2)nc2c(OCc3ccccc3)c(-c3ccc(=O)n(C)c3)ccc21. The fourth-order valence-corrected chi connectivity index (χ4v) is 4.57. The lowest BCUT2D eigenvalue weighted by atomic mass is 9.99. The number of hydrogen-bond acceptors (Lipinski definition) is 5. The van der Waals surface area contributed by atoms with Crippen molar-refractivity contribution in [1.29, 1.82) is 0 Å². The van der Waals surface area contributed by atoms with Gasteiger partial charge in [0.05, 0.1) is 5.52 Å². The summed E-state index contributed by atoms with van der Waals surface area (Å²) >= 11 is 0. The van der Waals surface area contributed by atoms with Crippen LogP contribution in [0.15, 0.2) is 65.6 Å². The van der Waals surface area contributed by atoms with E-state index in [2.05, 4.69) is 10.6 Å². The Bertz CT molecular complexity index is 1340. The molecule has 0 spiro atoms. The number of pyridine rings is 1. The van der Waals surface area contributed by atoms with E-state index < -0.39 is 0 Å². The van der Waals surface area contributed by atoms with Crippen LogP contribution < -0.4 is 10.3 Å². The molecule has 5 rings (SSSR count). The first kappa shape index (κ1) is 22.4. The van der Waals surface area contributed by atoms with Crippen LogP contribution in [-0.4, -0.2) is 34.4 Å². The molecule has 3 heterocycles. The van der Waals surface area contributed by atoms with Gasteiger partial charge in [0.1, 0.15) is 24.7 Å². The number of ether oxygens (including phenoxy) is 3. The summed E-state index contributed by atoms with van der Waals surface area (Å²) in [6.07, 6.45) is 3.70. The number of imidazole rings is 1. The molecule has 4 aromatic rings. The molecule has 7 nitrogen and oxygen atoms in total. The van der Waals surface area contributed by atoms with Crippen molar-refractivity contribution in [2.45, 2.75) is 32.1 Å². The number of benzene rings is 2. The minimum atomic E-state index is -0.0530. The van der Waals surface area contributed by atoms with Crippen LogP contribution in [-0.2, 0) is 29.9 Å². The number of rotatable bonds is 7. The summed E-state index contributed by atoms with van der Waals surface area (Å²) < 4.78 is 21.3. The van der Waals surface area contributed by atoms with Gasteiger partial charge in [-0.25, -0.2) is 4.98 Å². The van der Waals surface area contributed by atoms with Crippen LogP contribution >= 0.6 is 0 Å². The Morgan fingerprint density at radius 1 is 1.06 bits per heavy atom. The van der Waals surface area contributed by atoms with Gasteiger partial charge in [0.25, 0.3) is 0 Å². The highest BCUT2D eigenvalue weighted by Gasteiger charge is 2.25. The van der Waals surface area contributed by atoms with Gasteiger partial charge in [-0.1, -0.05) is 30.3 Å². The molecular formula is C27H29N3O4. The number of fused-ring (bicyclic) bond motifs is 1. The zero-order valence-corrected chi connectivity index (χ0v) is 19.6. The van der Waals surface area contributed by atoms with E-state index >= 15 is 0 Å². The second-order valence-corrected chi connectivity index (χ2v) is 8.65. The number of nitrogens with zero attached hydrogens (tertiary/aromatic N) is 3. The molecule has 0 N–H and O–H groups in total. The Morgan fingerprint density at radius 2 is 1.85 bits per heavy atom. The molecule has 1 aliphatic rings. The fourth-order valence-electron chi connectivity index (χ4n) is 4.57. The van der Waals surface area contributed by atoms with E-state index in [1.54, 1.807) is 24.8 Å². The van der Waals surface area contributed by atoms with Crippen LogP contribution in [0.5, 0.6) is 5.75 Å². The Labute approximate surface area is 198 Å². The lowest BCUT2D eigenvalue weighted by molar-refractivity contribution is 0.0788. The van der Waals surface area contributed by atoms with Crippen molar-refractivity contribution in [2.24, 2.45) is 7.05 Å². The Balaban J connectivity index is 1.67. The highest BCUT2D eigenvalue weighted by Crippen LogP contribution is 2.39. The Kier molecular flexibility index (Phi) is 6.47. The zero-order valence-electron chi connectivity index (χ0n) is 19.6. The topological polar surface area (TPSA) is 67.5 Å². The van der Waals surface area contributed by atoms with Crippen molar-refractivity contribution < 1.29 is 14.2 Å². The number of methoxy groups -OCH3 is 1. The lowest BCUT2D eigenvalue weighted by Gasteiger charge is -2.22. The lowest BCUT2D eigenvalue weighted by Crippen LogP contribution is -2.18. The summed E-state index contributed by atoms with van der Waals surface area (Å²) in [7, 11) is 3.46. The molecule has 0 radical (unpaired) electrons. The smallest absolute Gasteiger partial charge is 0.250 e. The summed E-state index contributed by atoms with van der Waals surface area (Å²) in [5.74, 6) is 2.02. The molecule has 1 saturated heterocycles. The minimum absolute atomic E-state index is 0.0530. The van der Waals surface area contributed by atoms with Crippen molar-refractivity contribution in [3.05, 3.63) is 82.5 Å². The van der Waals surface area contributed by atoms with Crippen molar-refractivity contribution in [3.8, 4) is 16.9 Å². The van der Waals surface area contributed by atoms with Crippen LogP contribution in [0.25, 0.3) is 22.2 Å². The predicted octanol–water partition coefficient (Wildman–Crippen LogP) is 4.48. The molecule has 2 aromatic carbocycles. The van der Waals surface area contributed by atoms with Gasteiger partial charge in [-0.15, -0.1) is 0 Å². The summed E-state index contributed by atoms with van der Waals surface area (Å²) in [5, 5.41) is 0. The van der Waals surface area contributed by atoms with Gasteiger partial charge in [-0.05, 0) is 36.6 Å². The van der Waals surface area contributed by atoms with E-state index in [0.29, 0.717) is 25.0 Å². The third-order valence-corrected chi connectivity index (χ3v) is 6.37. The van der Waals surface area contributed by atoms with Crippen LogP contribution in [0.3, 0.4) is 0 Å². The van der Waals surface area contributed by atoms with Crippen molar-refractivity contribution in [3.63, 3.8) is 0 Å². The zero-order chi connectivity index (χ0) is 23.5. The molecular weight excluding hydrogens is 430 g/mol. The van der Waals surface area contributed by atoms with E-state index in [1.807, 2.05) is 48.7 Å². The summed E-state index contributed by atoms with van der Waals surface area (Å²) in [5.41, 5.74) is 4.61. The molecule has 7 heteroatoms. The first-order chi connectivity index (χ1) is 16.7. The van der Waals surface area contributed by atoms with E-state index in [4.69, 9.17) is 19.2 Å². The van der Waals surface area contributed by atoms with Crippen LogP contribution in [0.2, 0.25) is 0 Å². The van der Waals surface area contributed by atoms with E-state index in [-0.39, 0.29) is 5.56 Å². The van der Waals surface area contributed by atoms with E-state index in [0.717, 1.165) is 59.6 Å². The molecule has 1 aliphatic heterocycles. The Hall–Kier alpha value is -3.42. The van der Waals surface area contributed by atoms with E-state index in [9.17, 15) is 4.79 Å². The van der Waals surface area contributed by atoms with E-state index in [1.165, 1.54) is 0 Å². The maximum atomic E-state index is 12.0. The van der Waals surface area contributed by atoms with Crippen LogP contribution in [0.4, 0.5) is 0 Å². The van der Waals surface area contributed by atoms with Gasteiger partial charge in [0, 0.05) is 56.7 Å². The summed E-state index contributed by atoms with van der Waals surface area (Å²) in [6, 6.07) is 17.6. The van der Waals surface area contributed by atoms with Crippen molar-refractivity contribution in [2.75, 3.05) is 20.3 Å². The molecule has 0 amide bonds. The fraction of sp³-hybridized carbons (Fsp3) is 0.333. The molecule has 1 fully saturated rings. The molecule has 0 aliphatic carbocycles. The summed E-state index contributed by atoms with van der Waals surface area (Å²) in [6.45, 7) is 2.31. The average Bonchev–Trinajstić information content (AvgIpc) is 3.24. The van der Waals surface area contributed by atoms with Crippen LogP contribution in [0, 0.1) is 0 Å². The second kappa shape index (κ2) is 9.83. The monoisotopic (exact) mass is 459 g/mol. The molecule has 0 bridgehead atoms. The highest BCUT2D eigenvalue weighted by molar-refractivity contribution is 5.91. The van der Waals surface area contributed by atoms with Gasteiger partial charge in [-0.3, -0.25) is 4.79 Å².